The minimum absolute atomic E-state index is 0.0664. The third-order valence-electron chi connectivity index (χ3n) is 1.63. The zero-order chi connectivity index (χ0) is 10.6. The zero-order valence-corrected chi connectivity index (χ0v) is 8.60. The van der Waals surface area contributed by atoms with Gasteiger partial charge in [-0.2, -0.15) is 5.10 Å². The normalized spacial score (nSPS) is 12.1. The molecule has 1 rings (SSSR count). The molecule has 1 atom stereocenters. The lowest BCUT2D eigenvalue weighted by Crippen LogP contribution is -2.35. The second-order valence-corrected chi connectivity index (χ2v) is 3.54. The largest absolute Gasteiger partial charge is 0.393 e. The average Bonchev–Trinajstić information content (AvgIpc) is 2.53. The Kier molecular flexibility index (Phi) is 3.58. The first kappa shape index (κ1) is 10.6. The van der Waals surface area contributed by atoms with Crippen molar-refractivity contribution in [2.45, 2.75) is 19.4 Å². The van der Waals surface area contributed by atoms with Crippen molar-refractivity contribution in [1.29, 1.82) is 0 Å². The van der Waals surface area contributed by atoms with Gasteiger partial charge in [0.2, 0.25) is 0 Å². The van der Waals surface area contributed by atoms with Gasteiger partial charge >= 0.3 is 0 Å². The summed E-state index contributed by atoms with van der Waals surface area (Å²) < 4.78 is 0. The zero-order valence-electron chi connectivity index (χ0n) is 7.78. The number of aromatic nitrogens is 2. The lowest BCUT2D eigenvalue weighted by molar-refractivity contribution is 0.0936. The highest BCUT2D eigenvalue weighted by atomic mass is 32.1. The molecule has 6 heteroatoms. The van der Waals surface area contributed by atoms with Crippen molar-refractivity contribution in [2.24, 2.45) is 5.73 Å². The molecular weight excluding hydrogens is 200 g/mol. The third-order valence-corrected chi connectivity index (χ3v) is 1.80. The van der Waals surface area contributed by atoms with Gasteiger partial charge in [0.25, 0.3) is 5.91 Å². The molecule has 0 spiro atoms. The first-order chi connectivity index (χ1) is 6.59. The fourth-order valence-electron chi connectivity index (χ4n) is 1.04. The Morgan fingerprint density at radius 1 is 1.86 bits per heavy atom. The van der Waals surface area contributed by atoms with Crippen molar-refractivity contribution in [3.05, 3.63) is 18.0 Å². The Hall–Kier alpha value is -1.43. The maximum Gasteiger partial charge on any atom is 0.269 e. The Morgan fingerprint density at radius 2 is 2.57 bits per heavy atom. The summed E-state index contributed by atoms with van der Waals surface area (Å²) in [5, 5.41) is 8.98. The Morgan fingerprint density at radius 3 is 3.07 bits per heavy atom. The summed E-state index contributed by atoms with van der Waals surface area (Å²) in [6, 6.07) is 1.53. The summed E-state index contributed by atoms with van der Waals surface area (Å²) in [6.07, 6.45) is 2.02. The summed E-state index contributed by atoms with van der Waals surface area (Å²) in [5.41, 5.74) is 5.78. The summed E-state index contributed by atoms with van der Waals surface area (Å²) in [4.78, 5) is 11.8. The quantitative estimate of drug-likeness (QED) is 0.623. The molecule has 76 valence electrons. The van der Waals surface area contributed by atoms with Crippen LogP contribution in [-0.2, 0) is 0 Å². The number of H-pyrrole nitrogens is 1. The number of amides is 1. The smallest absolute Gasteiger partial charge is 0.269 e. The van der Waals surface area contributed by atoms with Crippen LogP contribution in [0.3, 0.4) is 0 Å². The maximum absolute atomic E-state index is 11.4. The van der Waals surface area contributed by atoms with Crippen LogP contribution in [0.5, 0.6) is 0 Å². The Balaban J connectivity index is 2.45. The molecule has 0 bridgehead atoms. The van der Waals surface area contributed by atoms with E-state index in [4.69, 9.17) is 18.0 Å². The summed E-state index contributed by atoms with van der Waals surface area (Å²) in [6.45, 7) is 1.84. The summed E-state index contributed by atoms with van der Waals surface area (Å²) in [7, 11) is 0. The highest BCUT2D eigenvalue weighted by Gasteiger charge is 2.10. The maximum atomic E-state index is 11.4. The van der Waals surface area contributed by atoms with E-state index in [1.807, 2.05) is 6.92 Å². The van der Waals surface area contributed by atoms with Crippen molar-refractivity contribution in [2.75, 3.05) is 0 Å². The van der Waals surface area contributed by atoms with E-state index in [9.17, 15) is 4.79 Å². The average molecular weight is 212 g/mol. The lowest BCUT2D eigenvalue weighted by Gasteiger charge is -2.11. The number of hydrogen-bond donors (Lipinski definition) is 3. The molecule has 1 heterocycles. The Labute approximate surface area is 87.1 Å². The fourth-order valence-corrected chi connectivity index (χ4v) is 1.29. The molecule has 1 aromatic rings. The second kappa shape index (κ2) is 4.71. The number of aromatic amines is 1. The number of nitrogens with two attached hydrogens (primary N) is 1. The highest BCUT2D eigenvalue weighted by Crippen LogP contribution is 1.95. The second-order valence-electron chi connectivity index (χ2n) is 3.02. The van der Waals surface area contributed by atoms with Gasteiger partial charge in [-0.15, -0.1) is 0 Å². The van der Waals surface area contributed by atoms with E-state index in [1.165, 1.54) is 6.20 Å². The predicted octanol–water partition coefficient (Wildman–Crippen LogP) is 0.204. The SMILES string of the molecule is CC(CC(N)=S)NC(=O)c1ccn[nH]1. The van der Waals surface area contributed by atoms with Crippen LogP contribution in [0.25, 0.3) is 0 Å². The number of carbonyl (C=O) groups is 1. The molecule has 1 unspecified atom stereocenters. The molecule has 0 aliphatic rings. The van der Waals surface area contributed by atoms with Crippen molar-refractivity contribution in [1.82, 2.24) is 15.5 Å². The van der Waals surface area contributed by atoms with Crippen LogP contribution >= 0.6 is 12.2 Å². The van der Waals surface area contributed by atoms with Gasteiger partial charge < -0.3 is 11.1 Å². The number of nitrogens with zero attached hydrogens (tertiary/aromatic N) is 1. The predicted molar refractivity (Wildman–Crippen MR) is 56.9 cm³/mol. The number of rotatable bonds is 4. The number of carbonyl (C=O) groups excluding carboxylic acids is 1. The molecule has 14 heavy (non-hydrogen) atoms. The van der Waals surface area contributed by atoms with Crippen LogP contribution in [0.4, 0.5) is 0 Å². The van der Waals surface area contributed by atoms with Crippen LogP contribution < -0.4 is 11.1 Å². The van der Waals surface area contributed by atoms with E-state index >= 15 is 0 Å². The van der Waals surface area contributed by atoms with Crippen molar-refractivity contribution in [3.63, 3.8) is 0 Å². The fraction of sp³-hybridized carbons (Fsp3) is 0.375. The molecule has 1 aromatic heterocycles. The van der Waals surface area contributed by atoms with E-state index in [0.29, 0.717) is 17.1 Å². The summed E-state index contributed by atoms with van der Waals surface area (Å²) >= 11 is 4.73. The van der Waals surface area contributed by atoms with Gasteiger partial charge in [-0.1, -0.05) is 12.2 Å². The number of nitrogens with one attached hydrogen (secondary N) is 2. The van der Waals surface area contributed by atoms with Gasteiger partial charge in [-0.25, -0.2) is 0 Å². The summed E-state index contributed by atoms with van der Waals surface area (Å²) in [5.74, 6) is -0.203. The minimum atomic E-state index is -0.203. The van der Waals surface area contributed by atoms with Gasteiger partial charge in [0.15, 0.2) is 0 Å². The molecule has 0 radical (unpaired) electrons. The monoisotopic (exact) mass is 212 g/mol. The molecular formula is C8H12N4OS. The van der Waals surface area contributed by atoms with Gasteiger partial charge in [0.1, 0.15) is 5.69 Å². The molecule has 0 aromatic carbocycles. The Bertz CT molecular complexity index is 322. The van der Waals surface area contributed by atoms with Crippen LogP contribution in [0.2, 0.25) is 0 Å². The van der Waals surface area contributed by atoms with Crippen LogP contribution in [-0.4, -0.2) is 27.1 Å². The first-order valence-corrected chi connectivity index (χ1v) is 4.59. The molecule has 0 saturated carbocycles. The van der Waals surface area contributed by atoms with Crippen LogP contribution in [0, 0.1) is 0 Å². The standard InChI is InChI=1S/C8H12N4OS/c1-5(4-7(9)14)11-8(13)6-2-3-10-12-6/h2-3,5H,4H2,1H3,(H2,9,14)(H,10,12)(H,11,13). The van der Waals surface area contributed by atoms with E-state index < -0.39 is 0 Å². The first-order valence-electron chi connectivity index (χ1n) is 4.18. The van der Waals surface area contributed by atoms with Crippen molar-refractivity contribution in [3.8, 4) is 0 Å². The van der Waals surface area contributed by atoms with Gasteiger partial charge in [-0.3, -0.25) is 9.89 Å². The van der Waals surface area contributed by atoms with Crippen LogP contribution in [0.1, 0.15) is 23.8 Å². The number of thiocarbonyl (C=S) groups is 1. The molecule has 0 fully saturated rings. The van der Waals surface area contributed by atoms with E-state index in [0.717, 1.165) is 0 Å². The highest BCUT2D eigenvalue weighted by molar-refractivity contribution is 7.80. The van der Waals surface area contributed by atoms with Gasteiger partial charge in [0, 0.05) is 18.7 Å². The van der Waals surface area contributed by atoms with E-state index in [1.54, 1.807) is 6.07 Å². The molecule has 0 saturated heterocycles. The van der Waals surface area contributed by atoms with Crippen molar-refractivity contribution >= 4 is 23.1 Å². The molecule has 0 aliphatic heterocycles. The molecule has 4 N–H and O–H groups in total. The lowest BCUT2D eigenvalue weighted by atomic mass is 10.2. The molecule has 1 amide bonds. The molecule has 0 aliphatic carbocycles. The van der Waals surface area contributed by atoms with E-state index in [-0.39, 0.29) is 11.9 Å². The minimum Gasteiger partial charge on any atom is -0.393 e. The number of hydrogen-bond acceptors (Lipinski definition) is 3. The van der Waals surface area contributed by atoms with Crippen molar-refractivity contribution < 1.29 is 4.79 Å². The third kappa shape index (κ3) is 3.14. The van der Waals surface area contributed by atoms with Gasteiger partial charge in [-0.05, 0) is 13.0 Å². The van der Waals surface area contributed by atoms with Gasteiger partial charge in [0.05, 0.1) is 4.99 Å². The topological polar surface area (TPSA) is 83.8 Å². The van der Waals surface area contributed by atoms with Crippen LogP contribution in [0.15, 0.2) is 12.3 Å². The molecule has 5 nitrogen and oxygen atoms in total. The van der Waals surface area contributed by atoms with E-state index in [2.05, 4.69) is 15.5 Å².